The van der Waals surface area contributed by atoms with Gasteiger partial charge in [-0.25, -0.2) is 4.79 Å². The minimum Gasteiger partial charge on any atom is -0.482 e. The summed E-state index contributed by atoms with van der Waals surface area (Å²) in [7, 11) is 0. The molecule has 24 heavy (non-hydrogen) atoms. The number of aliphatic hydroxyl groups excluding tert-OH is 1. The van der Waals surface area contributed by atoms with Crippen molar-refractivity contribution in [1.29, 1.82) is 0 Å². The van der Waals surface area contributed by atoms with Crippen LogP contribution in [0.5, 0.6) is 5.75 Å². The molecule has 0 radical (unpaired) electrons. The van der Waals surface area contributed by atoms with Crippen molar-refractivity contribution in [2.24, 2.45) is 5.92 Å². The van der Waals surface area contributed by atoms with Crippen molar-refractivity contribution in [3.05, 3.63) is 39.2 Å². The number of hydrogen-bond donors (Lipinski definition) is 2. The Morgan fingerprint density at radius 2 is 2.08 bits per heavy atom. The molecule has 0 saturated carbocycles. The number of ether oxygens (including phenoxy) is 1. The maximum atomic E-state index is 11.9. The molecule has 0 spiro atoms. The molecular formula is C17H20ClNO5. The van der Waals surface area contributed by atoms with Crippen LogP contribution in [0.15, 0.2) is 27.4 Å². The first kappa shape index (κ1) is 18.3. The van der Waals surface area contributed by atoms with Gasteiger partial charge < -0.3 is 19.6 Å². The monoisotopic (exact) mass is 353 g/mol. The van der Waals surface area contributed by atoms with Crippen LogP contribution in [0.2, 0.25) is 5.02 Å². The van der Waals surface area contributed by atoms with Gasteiger partial charge in [-0.2, -0.15) is 0 Å². The van der Waals surface area contributed by atoms with Gasteiger partial charge in [-0.15, -0.1) is 0 Å². The van der Waals surface area contributed by atoms with E-state index in [2.05, 4.69) is 5.32 Å². The summed E-state index contributed by atoms with van der Waals surface area (Å²) >= 11 is 6.17. The topological polar surface area (TPSA) is 88.8 Å². The van der Waals surface area contributed by atoms with Crippen LogP contribution in [0.4, 0.5) is 0 Å². The van der Waals surface area contributed by atoms with Crippen molar-refractivity contribution in [1.82, 2.24) is 5.32 Å². The molecule has 0 saturated heterocycles. The average molecular weight is 354 g/mol. The Hall–Kier alpha value is -2.05. The molecule has 7 heteroatoms. The largest absolute Gasteiger partial charge is 0.482 e. The standard InChI is InChI=1S/C17H20ClNO5/c1-9(2)13(7-20)19-16(21)8-23-15-6-14-11(5-12(15)18)10(3)4-17(22)24-14/h4-6,9,13,20H,7-8H2,1-3H3,(H,19,21)/t13-/m1/s1. The second-order valence-corrected chi connectivity index (χ2v) is 6.32. The van der Waals surface area contributed by atoms with E-state index in [-0.39, 0.29) is 36.8 Å². The van der Waals surface area contributed by atoms with Crippen molar-refractivity contribution in [2.45, 2.75) is 26.8 Å². The lowest BCUT2D eigenvalue weighted by Crippen LogP contribution is -2.43. The van der Waals surface area contributed by atoms with E-state index in [1.165, 1.54) is 12.1 Å². The van der Waals surface area contributed by atoms with E-state index in [9.17, 15) is 14.7 Å². The fraction of sp³-hybridized carbons (Fsp3) is 0.412. The first-order chi connectivity index (χ1) is 11.3. The lowest BCUT2D eigenvalue weighted by atomic mass is 10.1. The highest BCUT2D eigenvalue weighted by atomic mass is 35.5. The van der Waals surface area contributed by atoms with E-state index in [0.29, 0.717) is 16.0 Å². The van der Waals surface area contributed by atoms with Gasteiger partial charge in [-0.3, -0.25) is 4.79 Å². The minimum atomic E-state index is -0.464. The molecule has 0 unspecified atom stereocenters. The Bertz CT molecular complexity index is 799. The number of hydrogen-bond acceptors (Lipinski definition) is 5. The van der Waals surface area contributed by atoms with Gasteiger partial charge in [0.15, 0.2) is 6.61 Å². The zero-order valence-electron chi connectivity index (χ0n) is 13.8. The summed E-state index contributed by atoms with van der Waals surface area (Å²) in [5.74, 6) is -0.0248. The molecule has 2 rings (SSSR count). The normalized spacial score (nSPS) is 12.4. The van der Waals surface area contributed by atoms with Gasteiger partial charge in [0.2, 0.25) is 0 Å². The number of amides is 1. The lowest BCUT2D eigenvalue weighted by molar-refractivity contribution is -0.124. The summed E-state index contributed by atoms with van der Waals surface area (Å²) in [6, 6.07) is 4.17. The molecule has 1 atom stereocenters. The van der Waals surface area contributed by atoms with E-state index >= 15 is 0 Å². The number of carbonyl (C=O) groups is 1. The van der Waals surface area contributed by atoms with Gasteiger partial charge in [0.25, 0.3) is 5.91 Å². The smallest absolute Gasteiger partial charge is 0.336 e. The molecule has 2 N–H and O–H groups in total. The maximum absolute atomic E-state index is 11.9. The van der Waals surface area contributed by atoms with Crippen LogP contribution in [0, 0.1) is 12.8 Å². The van der Waals surface area contributed by atoms with Crippen molar-refractivity contribution in [3.63, 3.8) is 0 Å². The Morgan fingerprint density at radius 1 is 1.38 bits per heavy atom. The molecule has 130 valence electrons. The van der Waals surface area contributed by atoms with Crippen molar-refractivity contribution >= 4 is 28.5 Å². The number of fused-ring (bicyclic) bond motifs is 1. The highest BCUT2D eigenvalue weighted by molar-refractivity contribution is 6.32. The zero-order chi connectivity index (χ0) is 17.9. The van der Waals surface area contributed by atoms with E-state index < -0.39 is 5.63 Å². The Kier molecular flexibility index (Phi) is 5.85. The number of halogens is 1. The number of nitrogens with one attached hydrogen (secondary N) is 1. The Morgan fingerprint density at radius 3 is 2.71 bits per heavy atom. The number of carbonyl (C=O) groups excluding carboxylic acids is 1. The fourth-order valence-electron chi connectivity index (χ4n) is 2.25. The number of benzene rings is 1. The van der Waals surface area contributed by atoms with Crippen LogP contribution in [-0.2, 0) is 4.79 Å². The minimum absolute atomic E-state index is 0.0976. The molecule has 0 aliphatic carbocycles. The molecule has 0 aliphatic heterocycles. The Labute approximate surface area is 144 Å². The van der Waals surface area contributed by atoms with Crippen LogP contribution in [-0.4, -0.2) is 30.3 Å². The quantitative estimate of drug-likeness (QED) is 0.778. The summed E-state index contributed by atoms with van der Waals surface area (Å²) in [4.78, 5) is 23.4. The number of aryl methyl sites for hydroxylation is 1. The van der Waals surface area contributed by atoms with Crippen LogP contribution in [0.25, 0.3) is 11.0 Å². The highest BCUT2D eigenvalue weighted by Crippen LogP contribution is 2.30. The maximum Gasteiger partial charge on any atom is 0.336 e. The summed E-state index contributed by atoms with van der Waals surface area (Å²) in [5.41, 5.74) is 0.624. The van der Waals surface area contributed by atoms with Gasteiger partial charge in [-0.1, -0.05) is 25.4 Å². The van der Waals surface area contributed by atoms with Crippen LogP contribution < -0.4 is 15.7 Å². The first-order valence-corrected chi connectivity index (χ1v) is 7.96. The third-order valence-electron chi connectivity index (χ3n) is 3.71. The fourth-order valence-corrected chi connectivity index (χ4v) is 2.46. The molecular weight excluding hydrogens is 334 g/mol. The van der Waals surface area contributed by atoms with Crippen molar-refractivity contribution < 1.29 is 19.1 Å². The summed E-state index contributed by atoms with van der Waals surface area (Å²) in [5, 5.41) is 12.9. The average Bonchev–Trinajstić information content (AvgIpc) is 2.51. The van der Waals surface area contributed by atoms with Gasteiger partial charge in [0, 0.05) is 17.5 Å². The van der Waals surface area contributed by atoms with E-state index in [1.807, 2.05) is 13.8 Å². The molecule has 1 aromatic heterocycles. The summed E-state index contributed by atoms with van der Waals surface area (Å²) < 4.78 is 10.6. The third kappa shape index (κ3) is 4.27. The van der Waals surface area contributed by atoms with Gasteiger partial charge >= 0.3 is 5.63 Å². The SMILES string of the molecule is Cc1cc(=O)oc2cc(OCC(=O)N[C@H](CO)C(C)C)c(Cl)cc12. The lowest BCUT2D eigenvalue weighted by Gasteiger charge is -2.20. The zero-order valence-corrected chi connectivity index (χ0v) is 14.5. The number of aliphatic hydroxyl groups is 1. The predicted molar refractivity (Wildman–Crippen MR) is 91.6 cm³/mol. The second-order valence-electron chi connectivity index (χ2n) is 5.92. The first-order valence-electron chi connectivity index (χ1n) is 7.59. The molecule has 0 aliphatic rings. The molecule has 2 aromatic rings. The summed E-state index contributed by atoms with van der Waals surface area (Å²) in [6.07, 6.45) is 0. The second kappa shape index (κ2) is 7.68. The predicted octanol–water partition coefficient (Wildman–Crippen LogP) is 2.27. The molecule has 1 amide bonds. The van der Waals surface area contributed by atoms with Gasteiger partial charge in [-0.05, 0) is 24.5 Å². The van der Waals surface area contributed by atoms with Gasteiger partial charge in [0.1, 0.15) is 11.3 Å². The molecule has 6 nitrogen and oxygen atoms in total. The van der Waals surface area contributed by atoms with Crippen LogP contribution in [0.1, 0.15) is 19.4 Å². The molecule has 0 bridgehead atoms. The van der Waals surface area contributed by atoms with E-state index in [0.717, 1.165) is 5.56 Å². The number of rotatable bonds is 6. The highest BCUT2D eigenvalue weighted by Gasteiger charge is 2.16. The molecule has 1 heterocycles. The van der Waals surface area contributed by atoms with Crippen LogP contribution in [0.3, 0.4) is 0 Å². The van der Waals surface area contributed by atoms with Gasteiger partial charge in [0.05, 0.1) is 17.7 Å². The van der Waals surface area contributed by atoms with E-state index in [1.54, 1.807) is 13.0 Å². The van der Waals surface area contributed by atoms with Crippen molar-refractivity contribution in [3.8, 4) is 5.75 Å². The summed E-state index contributed by atoms with van der Waals surface area (Å²) in [6.45, 7) is 5.17. The van der Waals surface area contributed by atoms with Crippen LogP contribution >= 0.6 is 11.6 Å². The third-order valence-corrected chi connectivity index (χ3v) is 4.01. The van der Waals surface area contributed by atoms with E-state index in [4.69, 9.17) is 20.8 Å². The van der Waals surface area contributed by atoms with Crippen molar-refractivity contribution in [2.75, 3.05) is 13.2 Å². The Balaban J connectivity index is 2.14. The molecule has 0 fully saturated rings. The molecule has 1 aromatic carbocycles.